The lowest BCUT2D eigenvalue weighted by Crippen LogP contribution is -2.05. The quantitative estimate of drug-likeness (QED) is 0.803. The zero-order valence-corrected chi connectivity index (χ0v) is 10.4. The van der Waals surface area contributed by atoms with Crippen LogP contribution in [0.25, 0.3) is 11.4 Å². The molecule has 0 radical (unpaired) electrons. The van der Waals surface area contributed by atoms with Gasteiger partial charge in [-0.3, -0.25) is 5.10 Å². The summed E-state index contributed by atoms with van der Waals surface area (Å²) in [7, 11) is 0. The molecule has 0 fully saturated rings. The molecule has 2 rings (SSSR count). The van der Waals surface area contributed by atoms with Gasteiger partial charge in [0.25, 0.3) is 0 Å². The first-order valence-corrected chi connectivity index (χ1v) is 5.93. The number of aromatic nitrogens is 3. The number of aromatic hydroxyl groups is 1. The lowest BCUT2D eigenvalue weighted by Gasteiger charge is -2.09. The number of aromatic amines is 1. The van der Waals surface area contributed by atoms with E-state index >= 15 is 0 Å². The minimum Gasteiger partial charge on any atom is -0.507 e. The first-order valence-electron chi connectivity index (χ1n) is 5.93. The van der Waals surface area contributed by atoms with E-state index in [4.69, 9.17) is 5.73 Å². The van der Waals surface area contributed by atoms with E-state index in [1.165, 1.54) is 6.07 Å². The molecule has 1 aromatic carbocycles. The summed E-state index contributed by atoms with van der Waals surface area (Å²) < 4.78 is 38.1. The van der Waals surface area contributed by atoms with Crippen molar-refractivity contribution in [1.29, 1.82) is 0 Å². The van der Waals surface area contributed by atoms with E-state index in [-0.39, 0.29) is 11.4 Å². The van der Waals surface area contributed by atoms with Gasteiger partial charge in [-0.25, -0.2) is 4.98 Å². The highest BCUT2D eigenvalue weighted by Crippen LogP contribution is 2.37. The Morgan fingerprint density at radius 2 is 2.05 bits per heavy atom. The molecule has 0 aliphatic carbocycles. The Hall–Kier alpha value is -2.09. The van der Waals surface area contributed by atoms with Gasteiger partial charge in [0.15, 0.2) is 5.82 Å². The van der Waals surface area contributed by atoms with Crippen molar-refractivity contribution in [3.05, 3.63) is 29.6 Å². The Balaban J connectivity index is 2.31. The van der Waals surface area contributed by atoms with Gasteiger partial charge >= 0.3 is 6.18 Å². The fraction of sp³-hybridized carbons (Fsp3) is 0.333. The average molecular weight is 286 g/mol. The normalized spacial score (nSPS) is 11.8. The van der Waals surface area contributed by atoms with Crippen LogP contribution in [0.2, 0.25) is 0 Å². The topological polar surface area (TPSA) is 87.8 Å². The number of rotatable bonds is 4. The molecule has 108 valence electrons. The summed E-state index contributed by atoms with van der Waals surface area (Å²) in [6.07, 6.45) is -3.34. The maximum atomic E-state index is 12.7. The van der Waals surface area contributed by atoms with Crippen molar-refractivity contribution in [2.75, 3.05) is 6.54 Å². The summed E-state index contributed by atoms with van der Waals surface area (Å²) in [6, 6.07) is 3.14. The van der Waals surface area contributed by atoms with Crippen molar-refractivity contribution in [1.82, 2.24) is 15.2 Å². The number of hydrogen-bond acceptors (Lipinski definition) is 4. The first-order chi connectivity index (χ1) is 9.41. The highest BCUT2D eigenvalue weighted by Gasteiger charge is 2.34. The number of hydrogen-bond donors (Lipinski definition) is 3. The van der Waals surface area contributed by atoms with Crippen molar-refractivity contribution < 1.29 is 18.3 Å². The summed E-state index contributed by atoms with van der Waals surface area (Å²) in [5.41, 5.74) is 4.44. The minimum absolute atomic E-state index is 0.155. The molecule has 0 atom stereocenters. The second-order valence-corrected chi connectivity index (χ2v) is 4.23. The lowest BCUT2D eigenvalue weighted by molar-refractivity contribution is -0.138. The van der Waals surface area contributed by atoms with Gasteiger partial charge in [0.1, 0.15) is 11.6 Å². The highest BCUT2D eigenvalue weighted by atomic mass is 19.4. The number of benzene rings is 1. The van der Waals surface area contributed by atoms with Gasteiger partial charge in [0.05, 0.1) is 5.56 Å². The average Bonchev–Trinajstić information content (AvgIpc) is 2.84. The third kappa shape index (κ3) is 3.08. The molecule has 0 amide bonds. The largest absolute Gasteiger partial charge is 0.507 e. The SMILES string of the molecule is NCCCc1nc(-c2ccc(O)c(C(F)(F)F)c2)n[nH]1. The second kappa shape index (κ2) is 5.49. The number of aryl methyl sites for hydroxylation is 1. The number of alkyl halides is 3. The monoisotopic (exact) mass is 286 g/mol. The van der Waals surface area contributed by atoms with E-state index in [9.17, 15) is 18.3 Å². The van der Waals surface area contributed by atoms with Crippen LogP contribution in [0.1, 0.15) is 17.8 Å². The van der Waals surface area contributed by atoms with Crippen LogP contribution in [0.3, 0.4) is 0 Å². The number of H-pyrrole nitrogens is 1. The standard InChI is InChI=1S/C12H13F3N4O/c13-12(14,15)8-6-7(3-4-9(8)20)11-17-10(18-19-11)2-1-5-16/h3-4,6,20H,1-2,5,16H2,(H,17,18,19). The molecule has 0 bridgehead atoms. The maximum Gasteiger partial charge on any atom is 0.419 e. The second-order valence-electron chi connectivity index (χ2n) is 4.23. The zero-order valence-electron chi connectivity index (χ0n) is 10.4. The summed E-state index contributed by atoms with van der Waals surface area (Å²) in [5.74, 6) is -0.102. The molecular formula is C12H13F3N4O. The summed E-state index contributed by atoms with van der Waals surface area (Å²) in [4.78, 5) is 4.10. The Kier molecular flexibility index (Phi) is 3.93. The van der Waals surface area contributed by atoms with Gasteiger partial charge in [-0.05, 0) is 31.2 Å². The molecule has 0 saturated heterocycles. The van der Waals surface area contributed by atoms with Gasteiger partial charge < -0.3 is 10.8 Å². The molecule has 0 aliphatic heterocycles. The van der Waals surface area contributed by atoms with Gasteiger partial charge in [0, 0.05) is 12.0 Å². The predicted octanol–water partition coefficient (Wildman–Crippen LogP) is 2.09. The van der Waals surface area contributed by atoms with E-state index in [0.717, 1.165) is 12.1 Å². The van der Waals surface area contributed by atoms with Crippen molar-refractivity contribution in [3.63, 3.8) is 0 Å². The van der Waals surface area contributed by atoms with Gasteiger partial charge in [-0.2, -0.15) is 18.3 Å². The van der Waals surface area contributed by atoms with Gasteiger partial charge in [-0.1, -0.05) is 0 Å². The van der Waals surface area contributed by atoms with Crippen molar-refractivity contribution >= 4 is 0 Å². The van der Waals surface area contributed by atoms with Crippen LogP contribution in [0.15, 0.2) is 18.2 Å². The van der Waals surface area contributed by atoms with E-state index in [1.807, 2.05) is 0 Å². The van der Waals surface area contributed by atoms with Crippen LogP contribution >= 0.6 is 0 Å². The third-order valence-electron chi connectivity index (χ3n) is 2.71. The van der Waals surface area contributed by atoms with Crippen molar-refractivity contribution in [2.24, 2.45) is 5.73 Å². The molecule has 2 aromatic rings. The van der Waals surface area contributed by atoms with Crippen LogP contribution in [-0.2, 0) is 12.6 Å². The van der Waals surface area contributed by atoms with Crippen LogP contribution in [0.4, 0.5) is 13.2 Å². The molecule has 5 nitrogen and oxygen atoms in total. The summed E-state index contributed by atoms with van der Waals surface area (Å²) >= 11 is 0. The Morgan fingerprint density at radius 1 is 1.30 bits per heavy atom. The number of halogens is 3. The van der Waals surface area contributed by atoms with E-state index in [2.05, 4.69) is 15.2 Å². The Bertz CT molecular complexity index is 595. The fourth-order valence-electron chi connectivity index (χ4n) is 1.71. The number of phenolic OH excluding ortho intramolecular Hbond substituents is 1. The number of phenols is 1. The third-order valence-corrected chi connectivity index (χ3v) is 2.71. The van der Waals surface area contributed by atoms with Gasteiger partial charge in [0.2, 0.25) is 0 Å². The first kappa shape index (κ1) is 14.3. The molecular weight excluding hydrogens is 273 g/mol. The lowest BCUT2D eigenvalue weighted by atomic mass is 10.1. The van der Waals surface area contributed by atoms with Crippen molar-refractivity contribution in [2.45, 2.75) is 19.0 Å². The molecule has 0 saturated carbocycles. The smallest absolute Gasteiger partial charge is 0.419 e. The molecule has 0 aliphatic rings. The minimum atomic E-state index is -4.63. The van der Waals surface area contributed by atoms with Crippen LogP contribution in [-0.4, -0.2) is 26.8 Å². The van der Waals surface area contributed by atoms with Gasteiger partial charge in [-0.15, -0.1) is 0 Å². The highest BCUT2D eigenvalue weighted by molar-refractivity contribution is 5.58. The maximum absolute atomic E-state index is 12.7. The van der Waals surface area contributed by atoms with Crippen LogP contribution in [0, 0.1) is 0 Å². The zero-order chi connectivity index (χ0) is 14.8. The molecule has 8 heteroatoms. The predicted molar refractivity (Wildman–Crippen MR) is 65.9 cm³/mol. The number of nitrogens with zero attached hydrogens (tertiary/aromatic N) is 2. The molecule has 1 heterocycles. The van der Waals surface area contributed by atoms with E-state index < -0.39 is 17.5 Å². The van der Waals surface area contributed by atoms with Crippen LogP contribution in [0.5, 0.6) is 5.75 Å². The summed E-state index contributed by atoms with van der Waals surface area (Å²) in [5, 5.41) is 15.8. The summed E-state index contributed by atoms with van der Waals surface area (Å²) in [6.45, 7) is 0.494. The molecule has 1 aromatic heterocycles. The fourth-order valence-corrected chi connectivity index (χ4v) is 1.71. The number of nitrogens with two attached hydrogens (primary N) is 1. The molecule has 20 heavy (non-hydrogen) atoms. The van der Waals surface area contributed by atoms with Crippen LogP contribution < -0.4 is 5.73 Å². The van der Waals surface area contributed by atoms with E-state index in [0.29, 0.717) is 25.2 Å². The molecule has 0 unspecified atom stereocenters. The molecule has 4 N–H and O–H groups in total. The van der Waals surface area contributed by atoms with Crippen molar-refractivity contribution in [3.8, 4) is 17.1 Å². The van der Waals surface area contributed by atoms with E-state index in [1.54, 1.807) is 0 Å². The molecule has 0 spiro atoms. The Labute approximate surface area is 112 Å². The Morgan fingerprint density at radius 3 is 2.70 bits per heavy atom. The number of nitrogens with one attached hydrogen (secondary N) is 1.